The van der Waals surface area contributed by atoms with Gasteiger partial charge in [0.15, 0.2) is 0 Å². The van der Waals surface area contributed by atoms with Crippen LogP contribution in [0.2, 0.25) is 0 Å². The number of fused-ring (bicyclic) bond motifs is 1. The smallest absolute Gasteiger partial charge is 0.257 e. The van der Waals surface area contributed by atoms with Crippen molar-refractivity contribution in [1.29, 1.82) is 0 Å². The summed E-state index contributed by atoms with van der Waals surface area (Å²) in [7, 11) is 2.01. The number of aromatic amines is 1. The fraction of sp³-hybridized carbons (Fsp3) is 0.500. The maximum Gasteiger partial charge on any atom is 0.257 e. The Morgan fingerprint density at radius 3 is 2.59 bits per heavy atom. The second-order valence-electron chi connectivity index (χ2n) is 6.80. The van der Waals surface area contributed by atoms with Gasteiger partial charge in [-0.2, -0.15) is 4.98 Å². The molecule has 9 heteroatoms. The predicted octanol–water partition coefficient (Wildman–Crippen LogP) is 1.71. The fourth-order valence-corrected chi connectivity index (χ4v) is 3.60. The number of halogens is 2. The fourth-order valence-electron chi connectivity index (χ4n) is 3.60. The molecular formula is C18H26Cl2N6O. The number of hydrogen-bond acceptors (Lipinski definition) is 6. The van der Waals surface area contributed by atoms with Crippen LogP contribution >= 0.6 is 24.8 Å². The molecule has 4 heterocycles. The topological polar surface area (TPSA) is 68.4 Å². The maximum atomic E-state index is 12.4. The minimum Gasteiger partial charge on any atom is -0.359 e. The van der Waals surface area contributed by atoms with Crippen LogP contribution in [0.3, 0.4) is 0 Å². The molecule has 1 fully saturated rings. The van der Waals surface area contributed by atoms with Gasteiger partial charge in [0.05, 0.1) is 11.3 Å². The summed E-state index contributed by atoms with van der Waals surface area (Å²) < 4.78 is 0. The molecule has 27 heavy (non-hydrogen) atoms. The molecule has 0 saturated carbocycles. The third-order valence-corrected chi connectivity index (χ3v) is 5.05. The van der Waals surface area contributed by atoms with Crippen LogP contribution in [0.25, 0.3) is 0 Å². The Morgan fingerprint density at radius 1 is 1.11 bits per heavy atom. The average molecular weight is 413 g/mol. The first-order valence-corrected chi connectivity index (χ1v) is 8.92. The lowest BCUT2D eigenvalue weighted by Gasteiger charge is -2.35. The van der Waals surface area contributed by atoms with Crippen LogP contribution < -0.4 is 15.4 Å². The van der Waals surface area contributed by atoms with Crippen molar-refractivity contribution in [3.63, 3.8) is 0 Å². The number of nitrogens with zero attached hydrogens (tertiary/aromatic N) is 5. The molecule has 4 rings (SSSR count). The van der Waals surface area contributed by atoms with E-state index >= 15 is 0 Å². The van der Waals surface area contributed by atoms with E-state index in [9.17, 15) is 4.79 Å². The van der Waals surface area contributed by atoms with E-state index in [4.69, 9.17) is 4.98 Å². The second kappa shape index (κ2) is 9.39. The molecule has 0 bridgehead atoms. The number of hydrogen-bond donors (Lipinski definition) is 1. The SMILES string of the molecule is CN1CCCc2c1nc(N1CCN(Cc3ccccn3)CC1)[nH]c2=O.Cl.Cl. The molecule has 148 valence electrons. The van der Waals surface area contributed by atoms with Crippen LogP contribution in [0.1, 0.15) is 17.7 Å². The van der Waals surface area contributed by atoms with E-state index in [2.05, 4.69) is 30.7 Å². The van der Waals surface area contributed by atoms with Gasteiger partial charge in [0.25, 0.3) is 5.56 Å². The maximum absolute atomic E-state index is 12.4. The lowest BCUT2D eigenvalue weighted by Crippen LogP contribution is -2.47. The number of aromatic nitrogens is 3. The van der Waals surface area contributed by atoms with Gasteiger partial charge in [-0.1, -0.05) is 6.07 Å². The second-order valence-corrected chi connectivity index (χ2v) is 6.80. The van der Waals surface area contributed by atoms with Gasteiger partial charge in [0.2, 0.25) is 5.95 Å². The van der Waals surface area contributed by atoms with Crippen molar-refractivity contribution in [3.05, 3.63) is 46.0 Å². The highest BCUT2D eigenvalue weighted by Gasteiger charge is 2.23. The summed E-state index contributed by atoms with van der Waals surface area (Å²) >= 11 is 0. The summed E-state index contributed by atoms with van der Waals surface area (Å²) in [6, 6.07) is 6.03. The third-order valence-electron chi connectivity index (χ3n) is 5.05. The Balaban J connectivity index is 0.00000131. The highest BCUT2D eigenvalue weighted by atomic mass is 35.5. The van der Waals surface area contributed by atoms with E-state index in [1.807, 2.05) is 25.4 Å². The van der Waals surface area contributed by atoms with E-state index < -0.39 is 0 Å². The largest absolute Gasteiger partial charge is 0.359 e. The molecule has 1 N–H and O–H groups in total. The summed E-state index contributed by atoms with van der Waals surface area (Å²) in [5.74, 6) is 1.55. The molecule has 2 aliphatic heterocycles. The summed E-state index contributed by atoms with van der Waals surface area (Å²) in [5.41, 5.74) is 1.94. The van der Waals surface area contributed by atoms with Gasteiger partial charge >= 0.3 is 0 Å². The van der Waals surface area contributed by atoms with Gasteiger partial charge in [-0.15, -0.1) is 24.8 Å². The van der Waals surface area contributed by atoms with Crippen LogP contribution in [-0.2, 0) is 13.0 Å². The third kappa shape index (κ3) is 4.72. The van der Waals surface area contributed by atoms with Crippen molar-refractivity contribution in [2.75, 3.05) is 49.6 Å². The van der Waals surface area contributed by atoms with Crippen molar-refractivity contribution >= 4 is 36.6 Å². The quantitative estimate of drug-likeness (QED) is 0.827. The summed E-state index contributed by atoms with van der Waals surface area (Å²) in [6.45, 7) is 5.42. The molecule has 0 aromatic carbocycles. The molecule has 0 unspecified atom stereocenters. The van der Waals surface area contributed by atoms with E-state index in [1.54, 1.807) is 0 Å². The van der Waals surface area contributed by atoms with Crippen LogP contribution in [0.5, 0.6) is 0 Å². The number of nitrogens with one attached hydrogen (secondary N) is 1. The number of piperazine rings is 1. The first-order chi connectivity index (χ1) is 12.2. The molecule has 0 spiro atoms. The van der Waals surface area contributed by atoms with Crippen molar-refractivity contribution in [2.45, 2.75) is 19.4 Å². The molecule has 2 aliphatic rings. The van der Waals surface area contributed by atoms with Gasteiger partial charge < -0.3 is 9.80 Å². The van der Waals surface area contributed by atoms with E-state index in [0.29, 0.717) is 5.95 Å². The zero-order chi connectivity index (χ0) is 17.2. The van der Waals surface area contributed by atoms with E-state index in [0.717, 1.165) is 69.2 Å². The summed E-state index contributed by atoms with van der Waals surface area (Å²) in [5, 5.41) is 0. The monoisotopic (exact) mass is 412 g/mol. The standard InChI is InChI=1S/C18H24N6O.2ClH/c1-22-8-4-6-15-16(22)20-18(21-17(15)25)24-11-9-23(10-12-24)13-14-5-2-3-7-19-14;;/h2-3,5,7H,4,6,8-13H2,1H3,(H,20,21,25);2*1H. The number of pyridine rings is 1. The first-order valence-electron chi connectivity index (χ1n) is 8.92. The molecule has 0 radical (unpaired) electrons. The molecular weight excluding hydrogens is 387 g/mol. The first kappa shape index (κ1) is 21.5. The van der Waals surface area contributed by atoms with Crippen LogP contribution in [0.4, 0.5) is 11.8 Å². The molecule has 0 amide bonds. The van der Waals surface area contributed by atoms with Crippen molar-refractivity contribution in [1.82, 2.24) is 19.9 Å². The normalized spacial score (nSPS) is 16.9. The molecule has 1 saturated heterocycles. The number of anilines is 2. The Morgan fingerprint density at radius 2 is 1.89 bits per heavy atom. The van der Waals surface area contributed by atoms with Gasteiger partial charge in [-0.05, 0) is 25.0 Å². The van der Waals surface area contributed by atoms with E-state index in [-0.39, 0.29) is 30.4 Å². The van der Waals surface area contributed by atoms with Crippen molar-refractivity contribution < 1.29 is 0 Å². The van der Waals surface area contributed by atoms with Crippen LogP contribution in [0, 0.1) is 0 Å². The van der Waals surface area contributed by atoms with Gasteiger partial charge in [-0.3, -0.25) is 19.7 Å². The summed E-state index contributed by atoms with van der Waals surface area (Å²) in [6.07, 6.45) is 3.67. The van der Waals surface area contributed by atoms with Gasteiger partial charge in [0.1, 0.15) is 5.82 Å². The Hall–Kier alpha value is -1.83. The number of rotatable bonds is 3. The van der Waals surface area contributed by atoms with Crippen LogP contribution in [0.15, 0.2) is 29.2 Å². The highest BCUT2D eigenvalue weighted by Crippen LogP contribution is 2.23. The zero-order valence-electron chi connectivity index (χ0n) is 15.4. The number of H-pyrrole nitrogens is 1. The average Bonchev–Trinajstić information content (AvgIpc) is 2.64. The Labute approximate surface area is 171 Å². The summed E-state index contributed by atoms with van der Waals surface area (Å²) in [4.78, 5) is 31.2. The van der Waals surface area contributed by atoms with Crippen LogP contribution in [-0.4, -0.2) is 59.6 Å². The van der Waals surface area contributed by atoms with Gasteiger partial charge in [-0.25, -0.2) is 0 Å². The lowest BCUT2D eigenvalue weighted by atomic mass is 10.1. The lowest BCUT2D eigenvalue weighted by molar-refractivity contribution is 0.246. The Bertz CT molecular complexity index is 792. The minimum absolute atomic E-state index is 0. The van der Waals surface area contributed by atoms with Crippen molar-refractivity contribution in [2.24, 2.45) is 0 Å². The minimum atomic E-state index is 0. The van der Waals surface area contributed by atoms with E-state index in [1.165, 1.54) is 0 Å². The Kier molecular flexibility index (Phi) is 7.47. The van der Waals surface area contributed by atoms with Gasteiger partial charge in [0, 0.05) is 52.5 Å². The highest BCUT2D eigenvalue weighted by molar-refractivity contribution is 5.85. The predicted molar refractivity (Wildman–Crippen MR) is 113 cm³/mol. The molecule has 2 aromatic heterocycles. The molecule has 0 atom stereocenters. The van der Waals surface area contributed by atoms with Crippen molar-refractivity contribution in [3.8, 4) is 0 Å². The molecule has 0 aliphatic carbocycles. The zero-order valence-corrected chi connectivity index (χ0v) is 17.1. The molecule has 7 nitrogen and oxygen atoms in total. The molecule has 2 aromatic rings.